The van der Waals surface area contributed by atoms with Crippen LogP contribution < -0.4 is 5.32 Å². The van der Waals surface area contributed by atoms with Crippen molar-refractivity contribution in [3.8, 4) is 11.3 Å². The number of benzene rings is 1. The number of carbonyl (C=O) groups is 2. The van der Waals surface area contributed by atoms with Crippen LogP contribution in [0.4, 0.5) is 5.13 Å². The second-order valence-corrected chi connectivity index (χ2v) is 6.77. The van der Waals surface area contributed by atoms with Crippen LogP contribution in [-0.4, -0.2) is 33.9 Å². The lowest BCUT2D eigenvalue weighted by Gasteiger charge is -2.01. The second kappa shape index (κ2) is 7.08. The molecule has 0 radical (unpaired) electrons. The molecule has 1 amide bonds. The third-order valence-electron chi connectivity index (χ3n) is 4.16. The predicted octanol–water partition coefficient (Wildman–Crippen LogP) is 3.59. The topological polar surface area (TPSA) is 99.9 Å². The average molecular weight is 380 g/mol. The number of ether oxygens (including phenoxy) is 1. The number of rotatable bonds is 5. The van der Waals surface area contributed by atoms with Crippen LogP contribution in [0.5, 0.6) is 0 Å². The molecule has 0 aliphatic carbocycles. The molecule has 7 nitrogen and oxygen atoms in total. The molecule has 0 fully saturated rings. The molecule has 0 unspecified atom stereocenters. The largest absolute Gasteiger partial charge is 0.464 e. The van der Waals surface area contributed by atoms with Gasteiger partial charge in [-0.15, -0.1) is 11.3 Å². The SMILES string of the molecule is COC(=O)c1cc(-c2csc(NC(=O)Cc3c[nH]c4ccccc34)n2)c[nH]1. The van der Waals surface area contributed by atoms with Gasteiger partial charge in [-0.3, -0.25) is 4.79 Å². The number of thiazole rings is 1. The van der Waals surface area contributed by atoms with Crippen molar-refractivity contribution in [1.29, 1.82) is 0 Å². The minimum absolute atomic E-state index is 0.134. The first kappa shape index (κ1) is 17.0. The summed E-state index contributed by atoms with van der Waals surface area (Å²) in [5.41, 5.74) is 3.72. The summed E-state index contributed by atoms with van der Waals surface area (Å²) in [7, 11) is 1.33. The van der Waals surface area contributed by atoms with E-state index in [1.807, 2.05) is 35.8 Å². The summed E-state index contributed by atoms with van der Waals surface area (Å²) in [6.45, 7) is 0. The molecule has 0 spiro atoms. The Balaban J connectivity index is 1.45. The first-order chi connectivity index (χ1) is 13.1. The van der Waals surface area contributed by atoms with Crippen LogP contribution >= 0.6 is 11.3 Å². The van der Waals surface area contributed by atoms with Crippen molar-refractivity contribution < 1.29 is 14.3 Å². The monoisotopic (exact) mass is 380 g/mol. The number of nitrogens with one attached hydrogen (secondary N) is 3. The van der Waals surface area contributed by atoms with Crippen LogP contribution in [0.2, 0.25) is 0 Å². The van der Waals surface area contributed by atoms with Gasteiger partial charge in [-0.2, -0.15) is 0 Å². The van der Waals surface area contributed by atoms with Gasteiger partial charge in [0.25, 0.3) is 0 Å². The summed E-state index contributed by atoms with van der Waals surface area (Å²) >= 11 is 1.33. The van der Waals surface area contributed by atoms with Gasteiger partial charge < -0.3 is 20.0 Å². The summed E-state index contributed by atoms with van der Waals surface area (Å²) in [6, 6.07) is 9.53. The minimum atomic E-state index is -0.441. The van der Waals surface area contributed by atoms with Crippen molar-refractivity contribution in [2.45, 2.75) is 6.42 Å². The zero-order valence-corrected chi connectivity index (χ0v) is 15.2. The Kier molecular flexibility index (Phi) is 4.47. The van der Waals surface area contributed by atoms with E-state index in [4.69, 9.17) is 0 Å². The molecule has 0 bridgehead atoms. The highest BCUT2D eigenvalue weighted by atomic mass is 32.1. The van der Waals surface area contributed by atoms with Gasteiger partial charge in [0, 0.05) is 34.2 Å². The lowest BCUT2D eigenvalue weighted by atomic mass is 10.1. The van der Waals surface area contributed by atoms with Crippen LogP contribution in [0.25, 0.3) is 22.2 Å². The van der Waals surface area contributed by atoms with E-state index in [9.17, 15) is 9.59 Å². The van der Waals surface area contributed by atoms with Gasteiger partial charge in [-0.05, 0) is 17.7 Å². The van der Waals surface area contributed by atoms with Crippen LogP contribution in [0.3, 0.4) is 0 Å². The number of anilines is 1. The van der Waals surface area contributed by atoms with E-state index < -0.39 is 5.97 Å². The smallest absolute Gasteiger partial charge is 0.354 e. The summed E-state index contributed by atoms with van der Waals surface area (Å²) < 4.78 is 4.68. The number of para-hydroxylation sites is 1. The first-order valence-electron chi connectivity index (χ1n) is 8.21. The standard InChI is InChI=1S/C19H16N4O3S/c1-26-18(25)15-6-12(9-21-15)16-10-27-19(22-16)23-17(24)7-11-8-20-14-5-3-2-4-13(11)14/h2-6,8-10,20-21H,7H2,1H3,(H,22,23,24). The van der Waals surface area contributed by atoms with Gasteiger partial charge in [0.2, 0.25) is 5.91 Å². The van der Waals surface area contributed by atoms with Crippen LogP contribution in [-0.2, 0) is 16.0 Å². The van der Waals surface area contributed by atoms with Gasteiger partial charge in [0.1, 0.15) is 5.69 Å². The molecule has 3 heterocycles. The van der Waals surface area contributed by atoms with E-state index in [-0.39, 0.29) is 12.3 Å². The fourth-order valence-corrected chi connectivity index (χ4v) is 3.58. The molecule has 27 heavy (non-hydrogen) atoms. The minimum Gasteiger partial charge on any atom is -0.464 e. The molecule has 0 saturated carbocycles. The number of esters is 1. The predicted molar refractivity (Wildman–Crippen MR) is 104 cm³/mol. The molecule has 4 aromatic rings. The summed E-state index contributed by atoms with van der Waals surface area (Å²) in [5.74, 6) is -0.575. The van der Waals surface area contributed by atoms with Gasteiger partial charge in [-0.25, -0.2) is 9.78 Å². The van der Waals surface area contributed by atoms with E-state index in [0.29, 0.717) is 16.5 Å². The highest BCUT2D eigenvalue weighted by Gasteiger charge is 2.14. The Hall–Kier alpha value is -3.39. The maximum absolute atomic E-state index is 12.4. The van der Waals surface area contributed by atoms with E-state index in [0.717, 1.165) is 22.0 Å². The van der Waals surface area contributed by atoms with Crippen molar-refractivity contribution in [3.05, 3.63) is 59.4 Å². The van der Waals surface area contributed by atoms with Crippen molar-refractivity contribution in [2.24, 2.45) is 0 Å². The van der Waals surface area contributed by atoms with Gasteiger partial charge in [-0.1, -0.05) is 18.2 Å². The Labute approximate surface area is 158 Å². The van der Waals surface area contributed by atoms with Gasteiger partial charge in [0.15, 0.2) is 5.13 Å². The Morgan fingerprint density at radius 2 is 2.07 bits per heavy atom. The summed E-state index contributed by atoms with van der Waals surface area (Å²) in [5, 5.41) is 6.20. The number of amides is 1. The number of fused-ring (bicyclic) bond motifs is 1. The van der Waals surface area contributed by atoms with Gasteiger partial charge in [0.05, 0.1) is 19.2 Å². The Bertz CT molecular complexity index is 1120. The lowest BCUT2D eigenvalue weighted by Crippen LogP contribution is -2.13. The maximum atomic E-state index is 12.4. The fourth-order valence-electron chi connectivity index (χ4n) is 2.85. The zero-order chi connectivity index (χ0) is 18.8. The maximum Gasteiger partial charge on any atom is 0.354 e. The molecule has 3 N–H and O–H groups in total. The number of aromatic amines is 2. The fraction of sp³-hybridized carbons (Fsp3) is 0.105. The molecule has 136 valence electrons. The number of hydrogen-bond acceptors (Lipinski definition) is 5. The molecule has 0 aliphatic rings. The number of methoxy groups -OCH3 is 1. The number of hydrogen-bond donors (Lipinski definition) is 3. The number of nitrogens with zero attached hydrogens (tertiary/aromatic N) is 1. The molecule has 4 rings (SSSR count). The molecule has 0 saturated heterocycles. The van der Waals surface area contributed by atoms with Crippen LogP contribution in [0.1, 0.15) is 16.1 Å². The zero-order valence-electron chi connectivity index (χ0n) is 14.4. The summed E-state index contributed by atoms with van der Waals surface area (Å²) in [4.78, 5) is 34.3. The first-order valence-corrected chi connectivity index (χ1v) is 9.09. The lowest BCUT2D eigenvalue weighted by molar-refractivity contribution is -0.115. The van der Waals surface area contributed by atoms with Crippen LogP contribution in [0.15, 0.2) is 48.1 Å². The van der Waals surface area contributed by atoms with Crippen molar-refractivity contribution in [2.75, 3.05) is 12.4 Å². The molecular formula is C19H16N4O3S. The normalized spacial score (nSPS) is 10.9. The number of carbonyl (C=O) groups excluding carboxylic acids is 2. The Morgan fingerprint density at radius 3 is 2.93 bits per heavy atom. The number of H-pyrrole nitrogens is 2. The average Bonchev–Trinajstić information content (AvgIpc) is 3.41. The molecule has 8 heteroatoms. The van der Waals surface area contributed by atoms with Gasteiger partial charge >= 0.3 is 5.97 Å². The van der Waals surface area contributed by atoms with E-state index in [2.05, 4.69) is 25.0 Å². The molecule has 1 aromatic carbocycles. The van der Waals surface area contributed by atoms with Crippen molar-refractivity contribution >= 4 is 39.2 Å². The van der Waals surface area contributed by atoms with E-state index in [1.54, 1.807) is 12.3 Å². The molecule has 0 aliphatic heterocycles. The molecule has 3 aromatic heterocycles. The van der Waals surface area contributed by atoms with Crippen LogP contribution in [0, 0.1) is 0 Å². The highest BCUT2D eigenvalue weighted by molar-refractivity contribution is 7.14. The third-order valence-corrected chi connectivity index (χ3v) is 4.92. The molecule has 0 atom stereocenters. The number of aromatic nitrogens is 3. The van der Waals surface area contributed by atoms with E-state index in [1.165, 1.54) is 18.4 Å². The molecular weight excluding hydrogens is 364 g/mol. The third kappa shape index (κ3) is 3.47. The van der Waals surface area contributed by atoms with Crippen molar-refractivity contribution in [3.63, 3.8) is 0 Å². The summed E-state index contributed by atoms with van der Waals surface area (Å²) in [6.07, 6.45) is 3.79. The Morgan fingerprint density at radius 1 is 1.22 bits per heavy atom. The van der Waals surface area contributed by atoms with E-state index >= 15 is 0 Å². The van der Waals surface area contributed by atoms with Crippen molar-refractivity contribution in [1.82, 2.24) is 15.0 Å². The quantitative estimate of drug-likeness (QED) is 0.461. The second-order valence-electron chi connectivity index (χ2n) is 5.92. The highest BCUT2D eigenvalue weighted by Crippen LogP contribution is 2.26.